The molecule has 3 nitrogen and oxygen atoms in total. The van der Waals surface area contributed by atoms with Crippen molar-refractivity contribution < 1.29 is 9.53 Å². The smallest absolute Gasteiger partial charge is 0.308 e. The van der Waals surface area contributed by atoms with Gasteiger partial charge < -0.3 is 10.1 Å². The number of ether oxygens (including phenoxy) is 1. The van der Waals surface area contributed by atoms with Crippen LogP contribution in [-0.4, -0.2) is 18.1 Å². The Hall–Kier alpha value is -0.550. The Balaban J connectivity index is 2.42. The second kappa shape index (κ2) is 6.57. The van der Waals surface area contributed by atoms with E-state index in [1.807, 2.05) is 39.0 Å². The minimum Gasteiger partial charge on any atom is -0.460 e. The molecule has 0 aliphatic rings. The Morgan fingerprint density at radius 3 is 2.61 bits per heavy atom. The third-order valence-electron chi connectivity index (χ3n) is 1.99. The minimum absolute atomic E-state index is 0.193. The zero-order valence-corrected chi connectivity index (χ0v) is 13.9. The summed E-state index contributed by atoms with van der Waals surface area (Å²) in [6, 6.07) is 5.85. The number of carbonyl (C=O) groups excluding carboxylic acids is 1. The Morgan fingerprint density at radius 1 is 1.33 bits per heavy atom. The van der Waals surface area contributed by atoms with Gasteiger partial charge in [0.2, 0.25) is 0 Å². The van der Waals surface area contributed by atoms with Gasteiger partial charge in [-0.1, -0.05) is 15.9 Å². The van der Waals surface area contributed by atoms with Gasteiger partial charge >= 0.3 is 5.97 Å². The molecule has 5 heteroatoms. The lowest BCUT2D eigenvalue weighted by molar-refractivity contribution is -0.154. The van der Waals surface area contributed by atoms with Crippen molar-refractivity contribution in [2.24, 2.45) is 0 Å². The van der Waals surface area contributed by atoms with Crippen LogP contribution in [0.1, 0.15) is 27.2 Å². The fourth-order valence-corrected chi connectivity index (χ4v) is 2.07. The molecule has 0 saturated heterocycles. The maximum absolute atomic E-state index is 11.5. The summed E-state index contributed by atoms with van der Waals surface area (Å²) in [5.74, 6) is -0.193. The molecule has 0 radical (unpaired) electrons. The molecule has 1 aromatic carbocycles. The number of carbonyl (C=O) groups is 1. The van der Waals surface area contributed by atoms with Gasteiger partial charge in [-0.05, 0) is 54.9 Å². The molecule has 0 heterocycles. The number of nitrogens with one attached hydrogen (secondary N) is 1. The average Bonchev–Trinajstić information content (AvgIpc) is 2.20. The molecule has 0 fully saturated rings. The first kappa shape index (κ1) is 15.5. The maximum atomic E-state index is 11.5. The second-order valence-corrected chi connectivity index (χ2v) is 6.66. The molecule has 18 heavy (non-hydrogen) atoms. The molecular weight excluding hydrogens is 362 g/mol. The van der Waals surface area contributed by atoms with E-state index in [1.54, 1.807) is 0 Å². The summed E-state index contributed by atoms with van der Waals surface area (Å²) < 4.78 is 7.19. The highest BCUT2D eigenvalue weighted by Crippen LogP contribution is 2.26. The third-order valence-corrected chi connectivity index (χ3v) is 3.18. The standard InChI is InChI=1S/C13H17Br2NO2/c1-13(2,3)18-12(17)6-7-16-11-8-9(14)4-5-10(11)15/h4-5,8,16H,6-7H2,1-3H3. The Morgan fingerprint density at radius 2 is 2.00 bits per heavy atom. The Bertz CT molecular complexity index is 427. The number of anilines is 1. The van der Waals surface area contributed by atoms with Crippen LogP contribution >= 0.6 is 31.9 Å². The van der Waals surface area contributed by atoms with Crippen molar-refractivity contribution in [2.45, 2.75) is 32.8 Å². The van der Waals surface area contributed by atoms with E-state index in [9.17, 15) is 4.79 Å². The van der Waals surface area contributed by atoms with Crippen LogP contribution in [0.15, 0.2) is 27.1 Å². The highest BCUT2D eigenvalue weighted by Gasteiger charge is 2.15. The predicted molar refractivity (Wildman–Crippen MR) is 80.8 cm³/mol. The zero-order valence-electron chi connectivity index (χ0n) is 10.7. The van der Waals surface area contributed by atoms with Gasteiger partial charge in [-0.3, -0.25) is 4.79 Å². The van der Waals surface area contributed by atoms with Crippen molar-refractivity contribution >= 4 is 43.5 Å². The molecule has 100 valence electrons. The van der Waals surface area contributed by atoms with E-state index in [0.29, 0.717) is 13.0 Å². The second-order valence-electron chi connectivity index (χ2n) is 4.89. The van der Waals surface area contributed by atoms with Gasteiger partial charge in [0.15, 0.2) is 0 Å². The van der Waals surface area contributed by atoms with Gasteiger partial charge in [0.25, 0.3) is 0 Å². The maximum Gasteiger partial charge on any atom is 0.308 e. The van der Waals surface area contributed by atoms with Gasteiger partial charge in [-0.25, -0.2) is 0 Å². The lowest BCUT2D eigenvalue weighted by Crippen LogP contribution is -2.25. The molecule has 1 aromatic rings. The van der Waals surface area contributed by atoms with Crippen molar-refractivity contribution in [3.05, 3.63) is 27.1 Å². The summed E-state index contributed by atoms with van der Waals surface area (Å²) in [5.41, 5.74) is 0.529. The highest BCUT2D eigenvalue weighted by molar-refractivity contribution is 9.11. The van der Waals surface area contributed by atoms with Crippen LogP contribution < -0.4 is 5.32 Å². The minimum atomic E-state index is -0.423. The summed E-state index contributed by atoms with van der Waals surface area (Å²) >= 11 is 6.85. The van der Waals surface area contributed by atoms with Gasteiger partial charge in [0, 0.05) is 21.2 Å². The van der Waals surface area contributed by atoms with Crippen LogP contribution in [0.4, 0.5) is 5.69 Å². The van der Waals surface area contributed by atoms with E-state index < -0.39 is 5.60 Å². The van der Waals surface area contributed by atoms with Crippen molar-refractivity contribution in [1.82, 2.24) is 0 Å². The number of hydrogen-bond donors (Lipinski definition) is 1. The summed E-state index contributed by atoms with van der Waals surface area (Å²) in [6.45, 7) is 6.14. The normalized spacial score (nSPS) is 11.2. The van der Waals surface area contributed by atoms with Crippen molar-refractivity contribution in [1.29, 1.82) is 0 Å². The molecule has 0 unspecified atom stereocenters. The van der Waals surface area contributed by atoms with E-state index >= 15 is 0 Å². The zero-order chi connectivity index (χ0) is 13.8. The van der Waals surface area contributed by atoms with Crippen molar-refractivity contribution in [3.63, 3.8) is 0 Å². The SMILES string of the molecule is CC(C)(C)OC(=O)CCNc1cc(Br)ccc1Br. The summed E-state index contributed by atoms with van der Waals surface area (Å²) in [7, 11) is 0. The molecule has 0 atom stereocenters. The molecule has 0 amide bonds. The third kappa shape index (κ3) is 5.87. The molecule has 0 aliphatic carbocycles. The van der Waals surface area contributed by atoms with E-state index in [0.717, 1.165) is 14.6 Å². The molecule has 1 rings (SSSR count). The summed E-state index contributed by atoms with van der Waals surface area (Å²) in [5, 5.41) is 3.19. The van der Waals surface area contributed by atoms with E-state index in [1.165, 1.54) is 0 Å². The van der Waals surface area contributed by atoms with Crippen LogP contribution in [0.2, 0.25) is 0 Å². The molecule has 0 aromatic heterocycles. The first-order valence-electron chi connectivity index (χ1n) is 5.69. The summed E-state index contributed by atoms with van der Waals surface area (Å²) in [4.78, 5) is 11.5. The van der Waals surface area contributed by atoms with Gasteiger partial charge in [-0.2, -0.15) is 0 Å². The Kier molecular flexibility index (Phi) is 5.66. The lowest BCUT2D eigenvalue weighted by atomic mass is 10.2. The molecule has 1 N–H and O–H groups in total. The van der Waals surface area contributed by atoms with Crippen molar-refractivity contribution in [3.8, 4) is 0 Å². The first-order valence-corrected chi connectivity index (χ1v) is 7.27. The number of rotatable bonds is 4. The summed E-state index contributed by atoms with van der Waals surface area (Å²) in [6.07, 6.45) is 0.343. The van der Waals surface area contributed by atoms with Gasteiger partial charge in [0.05, 0.1) is 6.42 Å². The van der Waals surface area contributed by atoms with Crippen molar-refractivity contribution in [2.75, 3.05) is 11.9 Å². The van der Waals surface area contributed by atoms with E-state index in [2.05, 4.69) is 37.2 Å². The molecular formula is C13H17Br2NO2. The molecule has 0 bridgehead atoms. The number of benzene rings is 1. The largest absolute Gasteiger partial charge is 0.460 e. The van der Waals surface area contributed by atoms with Gasteiger partial charge in [-0.15, -0.1) is 0 Å². The fourth-order valence-electron chi connectivity index (χ4n) is 1.32. The van der Waals surface area contributed by atoms with Crippen LogP contribution in [-0.2, 0) is 9.53 Å². The number of hydrogen-bond acceptors (Lipinski definition) is 3. The van der Waals surface area contributed by atoms with Crippen LogP contribution in [0.5, 0.6) is 0 Å². The average molecular weight is 379 g/mol. The predicted octanol–water partition coefficient (Wildman–Crippen LogP) is 4.36. The molecule has 0 spiro atoms. The lowest BCUT2D eigenvalue weighted by Gasteiger charge is -2.19. The molecule has 0 aliphatic heterocycles. The highest BCUT2D eigenvalue weighted by atomic mass is 79.9. The van der Waals surface area contributed by atoms with Crippen LogP contribution in [0.3, 0.4) is 0 Å². The fraction of sp³-hybridized carbons (Fsp3) is 0.462. The van der Waals surface area contributed by atoms with Crippen LogP contribution in [0.25, 0.3) is 0 Å². The van der Waals surface area contributed by atoms with E-state index in [-0.39, 0.29) is 5.97 Å². The Labute approximate surface area is 125 Å². The monoisotopic (exact) mass is 377 g/mol. The first-order chi connectivity index (χ1) is 8.28. The topological polar surface area (TPSA) is 38.3 Å². The molecule has 0 saturated carbocycles. The van der Waals surface area contributed by atoms with Crippen LogP contribution in [0, 0.1) is 0 Å². The van der Waals surface area contributed by atoms with Gasteiger partial charge in [0.1, 0.15) is 5.60 Å². The quantitative estimate of drug-likeness (QED) is 0.791. The van der Waals surface area contributed by atoms with E-state index in [4.69, 9.17) is 4.74 Å². The number of esters is 1. The number of halogens is 2.